The molecule has 4 N–H and O–H groups in total. The number of thiazole rings is 1. The van der Waals surface area contributed by atoms with Gasteiger partial charge in [0.1, 0.15) is 16.5 Å². The fourth-order valence-corrected chi connectivity index (χ4v) is 2.97. The number of pyridine rings is 1. The van der Waals surface area contributed by atoms with Crippen LogP contribution in [-0.4, -0.2) is 21.8 Å². The highest BCUT2D eigenvalue weighted by molar-refractivity contribution is 7.17. The second-order valence-corrected chi connectivity index (χ2v) is 6.14. The highest BCUT2D eigenvalue weighted by Crippen LogP contribution is 2.19. The van der Waals surface area contributed by atoms with Gasteiger partial charge in [0.15, 0.2) is 5.13 Å². The van der Waals surface area contributed by atoms with E-state index in [1.807, 2.05) is 6.07 Å². The molecular formula is C15H15N5O3S. The molecule has 0 aromatic carbocycles. The monoisotopic (exact) mass is 345 g/mol. The van der Waals surface area contributed by atoms with Crippen LogP contribution < -0.4 is 16.6 Å². The van der Waals surface area contributed by atoms with Crippen molar-refractivity contribution in [1.29, 1.82) is 5.26 Å². The Bertz CT molecular complexity index is 907. The van der Waals surface area contributed by atoms with E-state index < -0.39 is 11.5 Å². The average molecular weight is 345 g/mol. The lowest BCUT2D eigenvalue weighted by Gasteiger charge is -2.10. The third-order valence-electron chi connectivity index (χ3n) is 3.52. The third-order valence-corrected chi connectivity index (χ3v) is 4.44. The number of carbonyl (C=O) groups is 2. The summed E-state index contributed by atoms with van der Waals surface area (Å²) in [4.78, 5) is 41.5. The van der Waals surface area contributed by atoms with Gasteiger partial charge in [-0.25, -0.2) is 4.98 Å². The van der Waals surface area contributed by atoms with Gasteiger partial charge in [0.25, 0.3) is 11.5 Å². The van der Waals surface area contributed by atoms with E-state index in [4.69, 9.17) is 11.0 Å². The number of aromatic nitrogens is 2. The highest BCUT2D eigenvalue weighted by Gasteiger charge is 2.14. The zero-order chi connectivity index (χ0) is 17.9. The van der Waals surface area contributed by atoms with Crippen LogP contribution in [0.25, 0.3) is 0 Å². The molecule has 0 spiro atoms. The van der Waals surface area contributed by atoms with E-state index >= 15 is 0 Å². The van der Waals surface area contributed by atoms with Crippen molar-refractivity contribution in [2.75, 3.05) is 5.32 Å². The second-order valence-electron chi connectivity index (χ2n) is 5.11. The molecule has 124 valence electrons. The number of primary amides is 1. The quantitative estimate of drug-likeness (QED) is 0.741. The molecule has 8 nitrogen and oxygen atoms in total. The molecule has 0 fully saturated rings. The third kappa shape index (κ3) is 3.67. The maximum Gasteiger partial charge on any atom is 0.266 e. The molecular weight excluding hydrogens is 330 g/mol. The molecule has 9 heteroatoms. The minimum atomic E-state index is -0.600. The molecule has 0 saturated carbocycles. The summed E-state index contributed by atoms with van der Waals surface area (Å²) in [6.45, 7) is 3.41. The van der Waals surface area contributed by atoms with Crippen LogP contribution in [0.1, 0.15) is 38.5 Å². The summed E-state index contributed by atoms with van der Waals surface area (Å²) in [6, 6.07) is 1.88. The molecule has 0 atom stereocenters. The molecule has 0 aliphatic rings. The van der Waals surface area contributed by atoms with Gasteiger partial charge in [-0.15, -0.1) is 0 Å². The lowest BCUT2D eigenvalue weighted by Crippen LogP contribution is -2.18. The number of carbonyl (C=O) groups excluding carboxylic acids is 2. The molecule has 2 rings (SSSR count). The van der Waals surface area contributed by atoms with Crippen LogP contribution in [0.5, 0.6) is 0 Å². The van der Waals surface area contributed by atoms with E-state index in [1.165, 1.54) is 6.20 Å². The summed E-state index contributed by atoms with van der Waals surface area (Å²) >= 11 is 0.997. The number of rotatable bonds is 5. The van der Waals surface area contributed by atoms with E-state index in [9.17, 15) is 14.4 Å². The lowest BCUT2D eigenvalue weighted by atomic mass is 9.99. The average Bonchev–Trinajstić information content (AvgIpc) is 2.95. The van der Waals surface area contributed by atoms with Gasteiger partial charge >= 0.3 is 0 Å². The van der Waals surface area contributed by atoms with Crippen molar-refractivity contribution in [3.8, 4) is 6.07 Å². The first-order valence-electron chi connectivity index (χ1n) is 7.01. The number of nitrogens with zero attached hydrogens (tertiary/aromatic N) is 2. The summed E-state index contributed by atoms with van der Waals surface area (Å²) < 4.78 is 0. The highest BCUT2D eigenvalue weighted by atomic mass is 32.1. The Balaban J connectivity index is 2.08. The number of anilines is 1. The number of H-pyrrole nitrogens is 1. The number of nitrogens with two attached hydrogens (primary N) is 1. The van der Waals surface area contributed by atoms with Crippen molar-refractivity contribution in [2.24, 2.45) is 5.73 Å². The number of hydrogen-bond acceptors (Lipinski definition) is 6. The fourth-order valence-electron chi connectivity index (χ4n) is 2.29. The molecule has 2 amide bonds. The van der Waals surface area contributed by atoms with Gasteiger partial charge in [-0.2, -0.15) is 5.26 Å². The molecule has 0 aliphatic heterocycles. The summed E-state index contributed by atoms with van der Waals surface area (Å²) in [5, 5.41) is 11.9. The predicted molar refractivity (Wildman–Crippen MR) is 88.8 cm³/mol. The Morgan fingerprint density at radius 2 is 2.17 bits per heavy atom. The van der Waals surface area contributed by atoms with Gasteiger partial charge in [-0.05, 0) is 31.4 Å². The number of aromatic amines is 1. The molecule has 24 heavy (non-hydrogen) atoms. The summed E-state index contributed by atoms with van der Waals surface area (Å²) in [5.41, 5.74) is 6.73. The van der Waals surface area contributed by atoms with E-state index in [-0.39, 0.29) is 22.8 Å². The van der Waals surface area contributed by atoms with E-state index in [0.29, 0.717) is 22.8 Å². The van der Waals surface area contributed by atoms with Gasteiger partial charge in [0, 0.05) is 12.1 Å². The molecule has 2 aromatic rings. The first-order chi connectivity index (χ1) is 11.3. The first-order valence-corrected chi connectivity index (χ1v) is 7.83. The van der Waals surface area contributed by atoms with Gasteiger partial charge in [-0.3, -0.25) is 14.4 Å². The van der Waals surface area contributed by atoms with Crippen molar-refractivity contribution in [3.05, 3.63) is 43.8 Å². The Morgan fingerprint density at radius 3 is 2.75 bits per heavy atom. The van der Waals surface area contributed by atoms with Crippen molar-refractivity contribution in [1.82, 2.24) is 9.97 Å². The number of nitrogens with one attached hydrogen (secondary N) is 2. The zero-order valence-electron chi connectivity index (χ0n) is 13.1. The minimum absolute atomic E-state index is 0.0574. The van der Waals surface area contributed by atoms with Crippen LogP contribution in [0.2, 0.25) is 0 Å². The molecule has 0 saturated heterocycles. The molecule has 0 bridgehead atoms. The van der Waals surface area contributed by atoms with Crippen molar-refractivity contribution in [3.63, 3.8) is 0 Å². The number of nitriles is 1. The van der Waals surface area contributed by atoms with E-state index in [1.54, 1.807) is 13.8 Å². The first kappa shape index (κ1) is 17.4. The van der Waals surface area contributed by atoms with Gasteiger partial charge in [0.2, 0.25) is 5.91 Å². The summed E-state index contributed by atoms with van der Waals surface area (Å²) in [6.07, 6.45) is 1.81. The minimum Gasteiger partial charge on any atom is -0.365 e. The van der Waals surface area contributed by atoms with Crippen LogP contribution in [-0.2, 0) is 11.2 Å². The number of hydrogen-bond donors (Lipinski definition) is 3. The Kier molecular flexibility index (Phi) is 5.11. The van der Waals surface area contributed by atoms with Crippen LogP contribution in [0, 0.1) is 25.2 Å². The van der Waals surface area contributed by atoms with Crippen LogP contribution in [0.3, 0.4) is 0 Å². The maximum absolute atomic E-state index is 12.0. The molecule has 0 aliphatic carbocycles. The molecule has 0 unspecified atom stereocenters. The van der Waals surface area contributed by atoms with Crippen molar-refractivity contribution in [2.45, 2.75) is 26.7 Å². The second kappa shape index (κ2) is 7.06. The molecule has 0 radical (unpaired) electrons. The standard InChI is InChI=1S/C15H15N5O3S/c1-7-9(8(2)19-14(23)10(7)5-16)3-4-12(21)20-15-18-6-11(24-15)13(17)22/h6H,3-4H2,1-2H3,(H2,17,22)(H,19,23)(H,18,20,21). The Hall–Kier alpha value is -2.99. The van der Waals surface area contributed by atoms with E-state index in [2.05, 4.69) is 15.3 Å². The number of amides is 2. The molecule has 2 aromatic heterocycles. The predicted octanol–water partition coefficient (Wildman–Crippen LogP) is 0.990. The van der Waals surface area contributed by atoms with Gasteiger partial charge in [0.05, 0.1) is 6.20 Å². The van der Waals surface area contributed by atoms with Crippen LogP contribution in [0.15, 0.2) is 11.0 Å². The maximum atomic E-state index is 12.0. The summed E-state index contributed by atoms with van der Waals surface area (Å²) in [7, 11) is 0. The smallest absolute Gasteiger partial charge is 0.266 e. The largest absolute Gasteiger partial charge is 0.365 e. The van der Waals surface area contributed by atoms with Gasteiger partial charge < -0.3 is 16.0 Å². The SMILES string of the molecule is Cc1[nH]c(=O)c(C#N)c(C)c1CCC(=O)Nc1ncc(C(N)=O)s1. The number of aryl methyl sites for hydroxylation is 1. The van der Waals surface area contributed by atoms with E-state index in [0.717, 1.165) is 16.9 Å². The molecule has 2 heterocycles. The lowest BCUT2D eigenvalue weighted by molar-refractivity contribution is -0.116. The van der Waals surface area contributed by atoms with Crippen molar-refractivity contribution >= 4 is 28.3 Å². The zero-order valence-corrected chi connectivity index (χ0v) is 13.9. The van der Waals surface area contributed by atoms with Gasteiger partial charge in [-0.1, -0.05) is 11.3 Å². The Labute approximate surface area is 141 Å². The van der Waals surface area contributed by atoms with Crippen molar-refractivity contribution < 1.29 is 9.59 Å². The fraction of sp³-hybridized carbons (Fsp3) is 0.267. The van der Waals surface area contributed by atoms with Crippen LogP contribution >= 0.6 is 11.3 Å². The Morgan fingerprint density at radius 1 is 1.46 bits per heavy atom. The summed E-state index contributed by atoms with van der Waals surface area (Å²) in [5.74, 6) is -0.889. The normalized spacial score (nSPS) is 10.2. The topological polar surface area (TPSA) is 142 Å². The van der Waals surface area contributed by atoms with Crippen LogP contribution in [0.4, 0.5) is 5.13 Å².